The number of thioether (sulfide) groups is 1. The van der Waals surface area contributed by atoms with Gasteiger partial charge in [-0.25, -0.2) is 4.98 Å². The number of carbonyl (C=O) groups excluding carboxylic acids is 1. The first kappa shape index (κ1) is 16.3. The molecule has 0 spiro atoms. The van der Waals surface area contributed by atoms with Gasteiger partial charge in [0.25, 0.3) is 0 Å². The monoisotopic (exact) mass is 337 g/mol. The van der Waals surface area contributed by atoms with E-state index < -0.39 is 0 Å². The Morgan fingerprint density at radius 2 is 1.62 bits per heavy atom. The lowest BCUT2D eigenvalue weighted by Crippen LogP contribution is -2.27. The molecule has 4 nitrogen and oxygen atoms in total. The minimum atomic E-state index is -0.214. The molecule has 1 atom stereocenters. The predicted octanol–water partition coefficient (Wildman–Crippen LogP) is 3.97. The van der Waals surface area contributed by atoms with E-state index in [1.807, 2.05) is 55.5 Å². The maximum atomic E-state index is 11.8. The van der Waals surface area contributed by atoms with E-state index in [0.29, 0.717) is 0 Å². The summed E-state index contributed by atoms with van der Waals surface area (Å²) >= 11 is 1.42. The van der Waals surface area contributed by atoms with Crippen molar-refractivity contribution in [2.45, 2.75) is 17.3 Å². The quantitative estimate of drug-likeness (QED) is 0.693. The lowest BCUT2D eigenvalue weighted by molar-refractivity contribution is -0.119. The van der Waals surface area contributed by atoms with Gasteiger partial charge in [-0.3, -0.25) is 4.79 Å². The summed E-state index contributed by atoms with van der Waals surface area (Å²) in [5.74, 6) is -0.0149. The van der Waals surface area contributed by atoms with E-state index in [1.165, 1.54) is 11.8 Å². The number of aromatic nitrogens is 2. The Hall–Kier alpha value is -2.53. The number of imidazole rings is 1. The van der Waals surface area contributed by atoms with Gasteiger partial charge >= 0.3 is 0 Å². The molecule has 2 aromatic carbocycles. The van der Waals surface area contributed by atoms with Gasteiger partial charge < -0.3 is 10.3 Å². The van der Waals surface area contributed by atoms with Gasteiger partial charge in [0.05, 0.1) is 16.6 Å². The van der Waals surface area contributed by atoms with E-state index in [4.69, 9.17) is 4.98 Å². The van der Waals surface area contributed by atoms with Crippen molar-refractivity contribution in [2.75, 3.05) is 7.05 Å². The lowest BCUT2D eigenvalue weighted by Gasteiger charge is -2.06. The van der Waals surface area contributed by atoms with Gasteiger partial charge in [-0.2, -0.15) is 0 Å². The Morgan fingerprint density at radius 3 is 2.21 bits per heavy atom. The van der Waals surface area contributed by atoms with Crippen LogP contribution in [-0.2, 0) is 4.79 Å². The fraction of sp³-hybridized carbons (Fsp3) is 0.158. The van der Waals surface area contributed by atoms with E-state index in [0.717, 1.165) is 27.7 Å². The molecule has 0 fully saturated rings. The summed E-state index contributed by atoms with van der Waals surface area (Å²) in [5.41, 5.74) is 3.98. The van der Waals surface area contributed by atoms with E-state index in [2.05, 4.69) is 22.4 Å². The number of carbonyl (C=O) groups is 1. The van der Waals surface area contributed by atoms with Gasteiger partial charge in [-0.05, 0) is 6.92 Å². The summed E-state index contributed by atoms with van der Waals surface area (Å²) < 4.78 is 0. The first-order valence-electron chi connectivity index (χ1n) is 7.78. The molecular formula is C19H19N3OS. The summed E-state index contributed by atoms with van der Waals surface area (Å²) in [6.07, 6.45) is 0. The topological polar surface area (TPSA) is 57.8 Å². The summed E-state index contributed by atoms with van der Waals surface area (Å²) in [4.78, 5) is 19.9. The summed E-state index contributed by atoms with van der Waals surface area (Å²) in [6, 6.07) is 20.2. The van der Waals surface area contributed by atoms with Crippen molar-refractivity contribution in [2.24, 2.45) is 0 Å². The van der Waals surface area contributed by atoms with E-state index in [-0.39, 0.29) is 11.2 Å². The van der Waals surface area contributed by atoms with Crippen LogP contribution in [-0.4, -0.2) is 28.2 Å². The molecule has 1 heterocycles. The fourth-order valence-electron chi connectivity index (χ4n) is 2.45. The Kier molecular flexibility index (Phi) is 5.01. The molecule has 0 bridgehead atoms. The number of aromatic amines is 1. The van der Waals surface area contributed by atoms with Crippen molar-refractivity contribution in [3.05, 3.63) is 60.7 Å². The lowest BCUT2D eigenvalue weighted by atomic mass is 10.1. The fourth-order valence-corrected chi connectivity index (χ4v) is 3.31. The molecule has 3 rings (SSSR count). The standard InChI is InChI=1S/C19H19N3OS/c1-13(18(23)20-2)24-19-21-16(14-9-5-3-6-10-14)17(22-19)15-11-7-4-8-12-15/h3-13H,1-2H3,(H,20,23)(H,21,22). The molecule has 24 heavy (non-hydrogen) atoms. The average Bonchev–Trinajstić information content (AvgIpc) is 3.06. The second-order valence-corrected chi connectivity index (χ2v) is 6.70. The van der Waals surface area contributed by atoms with Crippen LogP contribution in [0.15, 0.2) is 65.8 Å². The molecule has 5 heteroatoms. The van der Waals surface area contributed by atoms with Crippen LogP contribution in [0.5, 0.6) is 0 Å². The molecule has 2 N–H and O–H groups in total. The number of nitrogens with zero attached hydrogens (tertiary/aromatic N) is 1. The first-order chi connectivity index (χ1) is 11.7. The molecule has 3 aromatic rings. The van der Waals surface area contributed by atoms with E-state index in [1.54, 1.807) is 7.05 Å². The van der Waals surface area contributed by atoms with Crippen LogP contribution in [0, 0.1) is 0 Å². The highest BCUT2D eigenvalue weighted by molar-refractivity contribution is 8.00. The first-order valence-corrected chi connectivity index (χ1v) is 8.66. The van der Waals surface area contributed by atoms with Gasteiger partial charge in [0.1, 0.15) is 0 Å². The molecule has 0 aliphatic carbocycles. The molecular weight excluding hydrogens is 318 g/mol. The van der Waals surface area contributed by atoms with Crippen LogP contribution in [0.25, 0.3) is 22.5 Å². The van der Waals surface area contributed by atoms with E-state index >= 15 is 0 Å². The number of H-pyrrole nitrogens is 1. The molecule has 0 saturated heterocycles. The minimum absolute atomic E-state index is 0.0149. The second-order valence-electron chi connectivity index (χ2n) is 5.37. The van der Waals surface area contributed by atoms with Crippen LogP contribution in [0.2, 0.25) is 0 Å². The van der Waals surface area contributed by atoms with Crippen LogP contribution in [0.3, 0.4) is 0 Å². The van der Waals surface area contributed by atoms with Crippen molar-refractivity contribution in [3.63, 3.8) is 0 Å². The molecule has 0 aliphatic rings. The number of nitrogens with one attached hydrogen (secondary N) is 2. The largest absolute Gasteiger partial charge is 0.358 e. The molecule has 122 valence electrons. The molecule has 0 aliphatic heterocycles. The zero-order valence-corrected chi connectivity index (χ0v) is 14.4. The normalized spacial score (nSPS) is 11.9. The Morgan fingerprint density at radius 1 is 1.04 bits per heavy atom. The van der Waals surface area contributed by atoms with Gasteiger partial charge in [-0.15, -0.1) is 0 Å². The molecule has 0 radical (unpaired) electrons. The van der Waals surface area contributed by atoms with Crippen molar-refractivity contribution < 1.29 is 4.79 Å². The average molecular weight is 337 g/mol. The number of hydrogen-bond donors (Lipinski definition) is 2. The SMILES string of the molecule is CNC(=O)C(C)Sc1nc(-c2ccccc2)c(-c2ccccc2)[nH]1. The molecule has 1 amide bonds. The van der Waals surface area contributed by atoms with Gasteiger partial charge in [0.2, 0.25) is 5.91 Å². The van der Waals surface area contributed by atoms with Crippen molar-refractivity contribution in [1.82, 2.24) is 15.3 Å². The Labute approximate surface area is 145 Å². The summed E-state index contributed by atoms with van der Waals surface area (Å²) in [5, 5.41) is 3.19. The number of hydrogen-bond acceptors (Lipinski definition) is 3. The molecule has 1 unspecified atom stereocenters. The third-order valence-electron chi connectivity index (χ3n) is 3.70. The smallest absolute Gasteiger partial charge is 0.233 e. The molecule has 1 aromatic heterocycles. The van der Waals surface area contributed by atoms with Gasteiger partial charge in [-0.1, -0.05) is 72.4 Å². The predicted molar refractivity (Wildman–Crippen MR) is 98.8 cm³/mol. The highest BCUT2D eigenvalue weighted by Gasteiger charge is 2.18. The van der Waals surface area contributed by atoms with Crippen LogP contribution in [0.4, 0.5) is 0 Å². The minimum Gasteiger partial charge on any atom is -0.358 e. The maximum Gasteiger partial charge on any atom is 0.233 e. The zero-order chi connectivity index (χ0) is 16.9. The summed E-state index contributed by atoms with van der Waals surface area (Å²) in [6.45, 7) is 1.87. The summed E-state index contributed by atoms with van der Waals surface area (Å²) in [7, 11) is 1.65. The van der Waals surface area contributed by atoms with Crippen molar-refractivity contribution in [1.29, 1.82) is 0 Å². The highest BCUT2D eigenvalue weighted by atomic mass is 32.2. The zero-order valence-electron chi connectivity index (χ0n) is 13.6. The van der Waals surface area contributed by atoms with Crippen molar-refractivity contribution in [3.8, 4) is 22.5 Å². The van der Waals surface area contributed by atoms with Gasteiger partial charge in [0.15, 0.2) is 5.16 Å². The maximum absolute atomic E-state index is 11.8. The van der Waals surface area contributed by atoms with Crippen LogP contribution < -0.4 is 5.32 Å². The number of rotatable bonds is 5. The highest BCUT2D eigenvalue weighted by Crippen LogP contribution is 2.33. The van der Waals surface area contributed by atoms with Crippen LogP contribution in [0.1, 0.15) is 6.92 Å². The molecule has 0 saturated carbocycles. The van der Waals surface area contributed by atoms with Gasteiger partial charge in [0, 0.05) is 18.2 Å². The number of amides is 1. The third-order valence-corrected chi connectivity index (χ3v) is 4.68. The third kappa shape index (κ3) is 3.51. The Balaban J connectivity index is 2.02. The Bertz CT molecular complexity index is 758. The number of benzene rings is 2. The van der Waals surface area contributed by atoms with Crippen molar-refractivity contribution >= 4 is 17.7 Å². The van der Waals surface area contributed by atoms with Crippen LogP contribution >= 0.6 is 11.8 Å². The second kappa shape index (κ2) is 7.36. The van der Waals surface area contributed by atoms with E-state index in [9.17, 15) is 4.79 Å².